The second-order valence-corrected chi connectivity index (χ2v) is 12.5. The van der Waals surface area contributed by atoms with Gasteiger partial charge >= 0.3 is 6.03 Å². The summed E-state index contributed by atoms with van der Waals surface area (Å²) in [5.41, 5.74) is 2.43. The first-order chi connectivity index (χ1) is 17.2. The van der Waals surface area contributed by atoms with Crippen molar-refractivity contribution in [2.75, 3.05) is 32.8 Å². The molecule has 2 aromatic rings. The number of urea groups is 1. The minimum absolute atomic E-state index is 0.110. The minimum atomic E-state index is -3.87. The number of rotatable bonds is 7. The average molecular weight is 514 g/mol. The first-order valence-electron chi connectivity index (χ1n) is 13.0. The molecule has 2 aliphatic heterocycles. The molecule has 36 heavy (non-hydrogen) atoms. The number of hydrogen-bond donors (Lipinski definition) is 1. The van der Waals surface area contributed by atoms with Crippen LogP contribution in [0, 0.1) is 18.3 Å². The molecule has 7 nitrogen and oxygen atoms in total. The zero-order chi connectivity index (χ0) is 25.8. The summed E-state index contributed by atoms with van der Waals surface area (Å²) >= 11 is 0. The summed E-state index contributed by atoms with van der Waals surface area (Å²) in [6, 6.07) is 14.3. The fourth-order valence-electron chi connectivity index (χ4n) is 5.10. The Bertz CT molecular complexity index is 1130. The Balaban J connectivity index is 1.27. The second-order valence-electron chi connectivity index (χ2n) is 10.8. The third kappa shape index (κ3) is 6.59. The lowest BCUT2D eigenvalue weighted by atomic mass is 9.71. The molecule has 2 heterocycles. The number of para-hydroxylation sites is 1. The maximum atomic E-state index is 12.7. The van der Waals surface area contributed by atoms with Gasteiger partial charge in [0.25, 0.3) is 10.0 Å². The molecular formula is C28H39N3O4S. The van der Waals surface area contributed by atoms with Crippen LogP contribution >= 0.6 is 0 Å². The van der Waals surface area contributed by atoms with Crippen molar-refractivity contribution >= 4 is 16.1 Å². The molecule has 196 valence electrons. The topological polar surface area (TPSA) is 79.0 Å². The van der Waals surface area contributed by atoms with E-state index in [1.54, 1.807) is 17.0 Å². The van der Waals surface area contributed by atoms with Gasteiger partial charge in [-0.15, -0.1) is 0 Å². The number of sulfonamides is 1. The summed E-state index contributed by atoms with van der Waals surface area (Å²) in [6.45, 7) is 11.0. The lowest BCUT2D eigenvalue weighted by Gasteiger charge is -2.46. The number of benzene rings is 2. The van der Waals surface area contributed by atoms with Crippen molar-refractivity contribution in [2.45, 2.75) is 57.9 Å². The van der Waals surface area contributed by atoms with Crippen molar-refractivity contribution in [3.63, 3.8) is 0 Å². The number of nitrogens with zero attached hydrogens (tertiary/aromatic N) is 2. The molecule has 2 fully saturated rings. The molecule has 8 heteroatoms. The Morgan fingerprint density at radius 2 is 1.58 bits per heavy atom. The zero-order valence-corrected chi connectivity index (χ0v) is 22.5. The lowest BCUT2D eigenvalue weighted by molar-refractivity contribution is 0.0428. The normalized spacial score (nSPS) is 18.4. The van der Waals surface area contributed by atoms with Gasteiger partial charge in [-0.2, -0.15) is 0 Å². The van der Waals surface area contributed by atoms with Crippen LogP contribution in [0.3, 0.4) is 0 Å². The smallest absolute Gasteiger partial charge is 0.331 e. The zero-order valence-electron chi connectivity index (χ0n) is 21.7. The summed E-state index contributed by atoms with van der Waals surface area (Å²) < 4.78 is 33.5. The van der Waals surface area contributed by atoms with E-state index in [2.05, 4.69) is 41.7 Å². The predicted octanol–water partition coefficient (Wildman–Crippen LogP) is 4.81. The molecule has 0 saturated carbocycles. The number of carbonyl (C=O) groups excluding carboxylic acids is 1. The molecule has 1 spiro atoms. The minimum Gasteiger partial charge on any atom is -0.493 e. The molecule has 4 rings (SSSR count). The van der Waals surface area contributed by atoms with E-state index in [1.165, 1.54) is 17.7 Å². The van der Waals surface area contributed by atoms with Crippen molar-refractivity contribution in [3.8, 4) is 5.75 Å². The predicted molar refractivity (Wildman–Crippen MR) is 141 cm³/mol. The van der Waals surface area contributed by atoms with E-state index < -0.39 is 16.1 Å². The van der Waals surface area contributed by atoms with Crippen LogP contribution in [0.25, 0.3) is 0 Å². The SMILES string of the molecule is Cc1ccc(S(=O)(=O)NC(=O)N2CCC3(CCN(Cc4ccccc4OCC(C)C)CC3)CC2)cc1. The highest BCUT2D eigenvalue weighted by Gasteiger charge is 2.39. The maximum absolute atomic E-state index is 12.7. The van der Waals surface area contributed by atoms with Gasteiger partial charge in [-0.3, -0.25) is 4.90 Å². The van der Waals surface area contributed by atoms with Crippen molar-refractivity contribution in [3.05, 3.63) is 59.7 Å². The van der Waals surface area contributed by atoms with E-state index in [4.69, 9.17) is 4.74 Å². The molecule has 2 aromatic carbocycles. The summed E-state index contributed by atoms with van der Waals surface area (Å²) in [5, 5.41) is 0. The second kappa shape index (κ2) is 11.2. The van der Waals surface area contributed by atoms with Crippen LogP contribution in [0.5, 0.6) is 5.75 Å². The van der Waals surface area contributed by atoms with E-state index in [0.717, 1.165) is 63.2 Å². The van der Waals surface area contributed by atoms with Crippen molar-refractivity contribution in [2.24, 2.45) is 11.3 Å². The van der Waals surface area contributed by atoms with Gasteiger partial charge in [0.15, 0.2) is 0 Å². The molecule has 0 bridgehead atoms. The van der Waals surface area contributed by atoms with Crippen LogP contribution in [0.1, 0.15) is 50.7 Å². The number of nitrogens with one attached hydrogen (secondary N) is 1. The fraction of sp³-hybridized carbons (Fsp3) is 0.536. The summed E-state index contributed by atoms with van der Waals surface area (Å²) in [6.07, 6.45) is 4.01. The van der Waals surface area contributed by atoms with Gasteiger partial charge in [0.1, 0.15) is 5.75 Å². The van der Waals surface area contributed by atoms with E-state index in [9.17, 15) is 13.2 Å². The van der Waals surface area contributed by atoms with Gasteiger partial charge in [-0.1, -0.05) is 49.7 Å². The first-order valence-corrected chi connectivity index (χ1v) is 14.5. The maximum Gasteiger partial charge on any atom is 0.331 e. The van der Waals surface area contributed by atoms with Crippen molar-refractivity contribution < 1.29 is 17.9 Å². The van der Waals surface area contributed by atoms with Crippen LogP contribution in [-0.4, -0.2) is 57.0 Å². The average Bonchev–Trinajstić information content (AvgIpc) is 2.85. The summed E-state index contributed by atoms with van der Waals surface area (Å²) in [7, 11) is -3.87. The molecule has 2 aliphatic rings. The highest BCUT2D eigenvalue weighted by molar-refractivity contribution is 7.90. The molecule has 0 aromatic heterocycles. The number of amides is 2. The van der Waals surface area contributed by atoms with Gasteiger partial charge in [-0.05, 0) is 75.2 Å². The van der Waals surface area contributed by atoms with Crippen LogP contribution in [-0.2, 0) is 16.6 Å². The third-order valence-electron chi connectivity index (χ3n) is 7.52. The van der Waals surface area contributed by atoms with E-state index >= 15 is 0 Å². The molecule has 1 N–H and O–H groups in total. The standard InChI is InChI=1S/C28H39N3O4S/c1-22(2)21-35-26-7-5-4-6-24(26)20-30-16-12-28(13-17-30)14-18-31(19-15-28)27(32)29-36(33,34)25-10-8-23(3)9-11-25/h4-11,22H,12-21H2,1-3H3,(H,29,32). The van der Waals surface area contributed by atoms with Gasteiger partial charge in [0, 0.05) is 25.2 Å². The largest absolute Gasteiger partial charge is 0.493 e. The number of ether oxygens (including phenoxy) is 1. The highest BCUT2D eigenvalue weighted by Crippen LogP contribution is 2.41. The van der Waals surface area contributed by atoms with Gasteiger partial charge in [0.05, 0.1) is 11.5 Å². The van der Waals surface area contributed by atoms with E-state index in [0.29, 0.717) is 19.0 Å². The monoisotopic (exact) mass is 513 g/mol. The Kier molecular flexibility index (Phi) is 8.25. The molecule has 0 aliphatic carbocycles. The van der Waals surface area contributed by atoms with Crippen LogP contribution in [0.4, 0.5) is 4.79 Å². The van der Waals surface area contributed by atoms with Crippen LogP contribution < -0.4 is 9.46 Å². The molecule has 2 amide bonds. The molecule has 0 unspecified atom stereocenters. The Morgan fingerprint density at radius 1 is 0.972 bits per heavy atom. The van der Waals surface area contributed by atoms with E-state index in [1.807, 2.05) is 13.0 Å². The quantitative estimate of drug-likeness (QED) is 0.575. The van der Waals surface area contributed by atoms with Crippen molar-refractivity contribution in [1.82, 2.24) is 14.5 Å². The molecular weight excluding hydrogens is 474 g/mol. The van der Waals surface area contributed by atoms with Gasteiger partial charge in [-0.25, -0.2) is 17.9 Å². The van der Waals surface area contributed by atoms with Crippen molar-refractivity contribution in [1.29, 1.82) is 0 Å². The van der Waals surface area contributed by atoms with Gasteiger partial charge in [0.2, 0.25) is 0 Å². The highest BCUT2D eigenvalue weighted by atomic mass is 32.2. The van der Waals surface area contributed by atoms with E-state index in [-0.39, 0.29) is 10.3 Å². The van der Waals surface area contributed by atoms with Crippen LogP contribution in [0.2, 0.25) is 0 Å². The molecule has 0 radical (unpaired) electrons. The number of hydrogen-bond acceptors (Lipinski definition) is 5. The number of carbonyl (C=O) groups is 1. The van der Waals surface area contributed by atoms with Gasteiger partial charge < -0.3 is 9.64 Å². The summed E-state index contributed by atoms with van der Waals surface area (Å²) in [5.74, 6) is 1.47. The first kappa shape index (κ1) is 26.5. The molecule has 2 saturated heterocycles. The summed E-state index contributed by atoms with van der Waals surface area (Å²) in [4.78, 5) is 17.0. The number of piperidine rings is 2. The Morgan fingerprint density at radius 3 is 2.22 bits per heavy atom. The number of aryl methyl sites for hydroxylation is 1. The van der Waals surface area contributed by atoms with Crippen LogP contribution in [0.15, 0.2) is 53.4 Å². The fourth-order valence-corrected chi connectivity index (χ4v) is 6.07. The molecule has 0 atom stereocenters. The number of likely N-dealkylation sites (tertiary alicyclic amines) is 2. The Labute approximate surface area is 215 Å². The Hall–Kier alpha value is -2.58. The third-order valence-corrected chi connectivity index (χ3v) is 8.86. The lowest BCUT2D eigenvalue weighted by Crippen LogP contribution is -2.51.